The summed E-state index contributed by atoms with van der Waals surface area (Å²) in [6.07, 6.45) is 0.746. The monoisotopic (exact) mass is 268 g/mol. The molecule has 0 saturated carbocycles. The van der Waals surface area contributed by atoms with Gasteiger partial charge in [-0.05, 0) is 5.41 Å². The van der Waals surface area contributed by atoms with Crippen molar-refractivity contribution in [1.29, 1.82) is 0 Å². The lowest BCUT2D eigenvalue weighted by atomic mass is 9.92. The van der Waals surface area contributed by atoms with Crippen LogP contribution in [0.15, 0.2) is 13.5 Å². The quantitative estimate of drug-likeness (QED) is 0.195. The molecule has 5 heteroatoms. The van der Waals surface area contributed by atoms with Gasteiger partial charge >= 0.3 is 0 Å². The lowest BCUT2D eigenvalue weighted by Gasteiger charge is -2.15. The highest BCUT2D eigenvalue weighted by atomic mass is 127. The van der Waals surface area contributed by atoms with E-state index in [2.05, 4.69) is 34.3 Å². The summed E-state index contributed by atoms with van der Waals surface area (Å²) < 4.78 is 3.58. The zero-order valence-electron chi connectivity index (χ0n) is 7.00. The average Bonchev–Trinajstić information content (AvgIpc) is 1.84. The van der Waals surface area contributed by atoms with Gasteiger partial charge in [0.25, 0.3) is 0 Å². The van der Waals surface area contributed by atoms with Gasteiger partial charge in [0.15, 0.2) is 5.84 Å². The molecule has 11 heavy (non-hydrogen) atoms. The molecule has 0 aliphatic rings. The third kappa shape index (κ3) is 6.21. The van der Waals surface area contributed by atoms with Gasteiger partial charge in [0.2, 0.25) is 0 Å². The molecule has 0 aromatic rings. The predicted molar refractivity (Wildman–Crippen MR) is 54.6 cm³/mol. The Morgan fingerprint density at radius 2 is 2.00 bits per heavy atom. The van der Waals surface area contributed by atoms with Crippen LogP contribution in [-0.2, 0) is 0 Å². The Labute approximate surface area is 80.8 Å². The molecular formula is C6H13IN4. The molecule has 4 nitrogen and oxygen atoms in total. The summed E-state index contributed by atoms with van der Waals surface area (Å²) >= 11 is 1.80. The van der Waals surface area contributed by atoms with Crippen LogP contribution in [0.2, 0.25) is 0 Å². The number of hydrogen-bond donors (Lipinski definition) is 1. The van der Waals surface area contributed by atoms with E-state index in [9.17, 15) is 0 Å². The van der Waals surface area contributed by atoms with E-state index in [0.717, 1.165) is 6.42 Å². The molecule has 0 rings (SSSR count). The second-order valence-electron chi connectivity index (χ2n) is 3.46. The van der Waals surface area contributed by atoms with Crippen molar-refractivity contribution >= 4 is 28.7 Å². The fourth-order valence-electron chi connectivity index (χ4n) is 0.625. The first-order valence-corrected chi connectivity index (χ1v) is 4.25. The van der Waals surface area contributed by atoms with Gasteiger partial charge in [0.1, 0.15) is 22.9 Å². The van der Waals surface area contributed by atoms with Crippen LogP contribution in [0.1, 0.15) is 27.2 Å². The summed E-state index contributed by atoms with van der Waals surface area (Å²) in [6, 6.07) is 0. The van der Waals surface area contributed by atoms with E-state index in [-0.39, 0.29) is 5.41 Å². The van der Waals surface area contributed by atoms with Crippen molar-refractivity contribution in [3.05, 3.63) is 0 Å². The van der Waals surface area contributed by atoms with Crippen molar-refractivity contribution < 1.29 is 0 Å². The average molecular weight is 268 g/mol. The van der Waals surface area contributed by atoms with Gasteiger partial charge in [-0.3, -0.25) is 0 Å². The molecule has 0 amide bonds. The highest BCUT2D eigenvalue weighted by Gasteiger charge is 2.13. The van der Waals surface area contributed by atoms with Crippen LogP contribution in [-0.4, -0.2) is 5.84 Å². The molecule has 2 N–H and O–H groups in total. The maximum Gasteiger partial charge on any atom is 0.171 e. The van der Waals surface area contributed by atoms with Crippen LogP contribution in [0.3, 0.4) is 0 Å². The molecule has 0 heterocycles. The topological polar surface area (TPSA) is 63.1 Å². The first-order chi connectivity index (χ1) is 4.99. The van der Waals surface area contributed by atoms with Crippen molar-refractivity contribution in [2.24, 2.45) is 24.8 Å². The van der Waals surface area contributed by atoms with E-state index in [4.69, 9.17) is 5.84 Å². The van der Waals surface area contributed by atoms with Crippen molar-refractivity contribution in [2.45, 2.75) is 27.2 Å². The number of nitrogens with two attached hydrogens (primary N) is 1. The van der Waals surface area contributed by atoms with Crippen molar-refractivity contribution in [3.8, 4) is 0 Å². The number of amidine groups is 1. The number of halogens is 1. The van der Waals surface area contributed by atoms with Gasteiger partial charge in [-0.2, -0.15) is 5.10 Å². The van der Waals surface area contributed by atoms with Crippen LogP contribution < -0.4 is 5.84 Å². The van der Waals surface area contributed by atoms with Crippen LogP contribution in [0.25, 0.3) is 0 Å². The first kappa shape index (κ1) is 10.8. The third-order valence-electron chi connectivity index (χ3n) is 0.991. The van der Waals surface area contributed by atoms with Crippen molar-refractivity contribution in [3.63, 3.8) is 0 Å². The second-order valence-corrected chi connectivity index (χ2v) is 3.89. The molecule has 0 aliphatic heterocycles. The van der Waals surface area contributed by atoms with Gasteiger partial charge in [-0.25, -0.2) is 0 Å². The fraction of sp³-hybridized carbons (Fsp3) is 0.833. The molecule has 0 unspecified atom stereocenters. The minimum Gasteiger partial charge on any atom is -0.321 e. The molecule has 0 aromatic heterocycles. The van der Waals surface area contributed by atoms with Gasteiger partial charge in [0.05, 0.1) is 0 Å². The Balaban J connectivity index is 4.12. The van der Waals surface area contributed by atoms with Crippen molar-refractivity contribution in [2.75, 3.05) is 0 Å². The summed E-state index contributed by atoms with van der Waals surface area (Å²) in [5.74, 6) is 5.69. The number of hydrazone groups is 1. The molecule has 0 atom stereocenters. The lowest BCUT2D eigenvalue weighted by Crippen LogP contribution is -2.12. The molecule has 0 fully saturated rings. The largest absolute Gasteiger partial charge is 0.321 e. The molecule has 0 radical (unpaired) electrons. The Morgan fingerprint density at radius 3 is 2.27 bits per heavy atom. The molecular weight excluding hydrogens is 255 g/mol. The second kappa shape index (κ2) is 4.63. The van der Waals surface area contributed by atoms with Gasteiger partial charge < -0.3 is 5.84 Å². The molecule has 64 valence electrons. The Bertz CT molecular complexity index is 168. The molecule has 0 saturated heterocycles. The summed E-state index contributed by atoms with van der Waals surface area (Å²) in [7, 11) is 0. The van der Waals surface area contributed by atoms with E-state index in [1.165, 1.54) is 0 Å². The maximum absolute atomic E-state index is 5.10. The van der Waals surface area contributed by atoms with E-state index in [1.54, 1.807) is 22.9 Å². The van der Waals surface area contributed by atoms with Crippen molar-refractivity contribution in [1.82, 2.24) is 0 Å². The zero-order valence-corrected chi connectivity index (χ0v) is 9.16. The third-order valence-corrected chi connectivity index (χ3v) is 1.21. The smallest absolute Gasteiger partial charge is 0.171 e. The maximum atomic E-state index is 5.10. The zero-order chi connectivity index (χ0) is 8.91. The fourth-order valence-corrected chi connectivity index (χ4v) is 0.874. The van der Waals surface area contributed by atoms with Crippen LogP contribution in [0.4, 0.5) is 0 Å². The summed E-state index contributed by atoms with van der Waals surface area (Å²) in [5, 5.41) is 7.28. The summed E-state index contributed by atoms with van der Waals surface area (Å²) in [4.78, 5) is 0. The normalized spacial score (nSPS) is 14.4. The van der Waals surface area contributed by atoms with E-state index in [1.807, 2.05) is 0 Å². The summed E-state index contributed by atoms with van der Waals surface area (Å²) in [6.45, 7) is 6.29. The summed E-state index contributed by atoms with van der Waals surface area (Å²) in [5.41, 5.74) is 0.156. The first-order valence-electron chi connectivity index (χ1n) is 3.28. The van der Waals surface area contributed by atoms with E-state index < -0.39 is 0 Å². The minimum absolute atomic E-state index is 0.156. The van der Waals surface area contributed by atoms with E-state index in [0.29, 0.717) is 5.84 Å². The molecule has 0 aliphatic carbocycles. The Hall–Kier alpha value is -0.200. The molecule has 0 spiro atoms. The Morgan fingerprint density at radius 1 is 1.45 bits per heavy atom. The standard InChI is InChI=1S/C6H13IN4/c1-6(2,3)4-5(9-8)10-11-7/h4,8H2,1-3H3/b9-5-,11-10-. The Kier molecular flexibility index (Phi) is 4.55. The van der Waals surface area contributed by atoms with E-state index >= 15 is 0 Å². The number of nitrogens with zero attached hydrogens (tertiary/aromatic N) is 3. The highest BCUT2D eigenvalue weighted by molar-refractivity contribution is 14.1. The number of hydrogen-bond acceptors (Lipinski definition) is 3. The predicted octanol–water partition coefficient (Wildman–Crippen LogP) is 2.50. The van der Waals surface area contributed by atoms with Gasteiger partial charge in [0, 0.05) is 6.42 Å². The van der Waals surface area contributed by atoms with Gasteiger partial charge in [-0.15, -0.1) is 8.44 Å². The number of rotatable bonds is 1. The molecule has 0 bridgehead atoms. The van der Waals surface area contributed by atoms with Crippen LogP contribution in [0.5, 0.6) is 0 Å². The van der Waals surface area contributed by atoms with Crippen LogP contribution >= 0.6 is 22.9 Å². The SMILES string of the molecule is CC(C)(C)CC(/N=N\I)=N/N. The lowest BCUT2D eigenvalue weighted by molar-refractivity contribution is 0.432. The highest BCUT2D eigenvalue weighted by Crippen LogP contribution is 2.19. The van der Waals surface area contributed by atoms with Gasteiger partial charge in [-0.1, -0.05) is 20.8 Å². The van der Waals surface area contributed by atoms with Crippen LogP contribution in [0, 0.1) is 5.41 Å². The molecule has 0 aromatic carbocycles. The minimum atomic E-state index is 0.156.